The summed E-state index contributed by atoms with van der Waals surface area (Å²) in [7, 11) is 0. The molecule has 0 bridgehead atoms. The van der Waals surface area contributed by atoms with E-state index in [-0.39, 0.29) is 12.5 Å². The van der Waals surface area contributed by atoms with Crippen molar-refractivity contribution < 1.29 is 4.79 Å². The third kappa shape index (κ3) is 3.42. The van der Waals surface area contributed by atoms with Gasteiger partial charge in [-0.1, -0.05) is 36.4 Å². The van der Waals surface area contributed by atoms with E-state index in [4.69, 9.17) is 0 Å². The number of fused-ring (bicyclic) bond motifs is 1. The summed E-state index contributed by atoms with van der Waals surface area (Å²) in [5, 5.41) is 3.16. The Morgan fingerprint density at radius 3 is 2.64 bits per heavy atom. The predicted octanol–water partition coefficient (Wildman–Crippen LogP) is 1.81. The Morgan fingerprint density at radius 1 is 1.16 bits per heavy atom. The lowest BCUT2D eigenvalue weighted by Crippen LogP contribution is -2.34. The SMILES string of the molecule is C=CCn1c(=O)[nH]c2cc(C(=O)NCc3ccccc3)ccc2c1=O. The molecule has 0 spiro atoms. The number of nitrogens with zero attached hydrogens (tertiary/aromatic N) is 1. The molecule has 126 valence electrons. The molecule has 2 N–H and O–H groups in total. The average Bonchev–Trinajstić information content (AvgIpc) is 2.63. The molecule has 0 aliphatic heterocycles. The van der Waals surface area contributed by atoms with Crippen LogP contribution in [0.5, 0.6) is 0 Å². The third-order valence-corrected chi connectivity index (χ3v) is 3.85. The number of amides is 1. The van der Waals surface area contributed by atoms with Gasteiger partial charge < -0.3 is 10.3 Å². The molecule has 25 heavy (non-hydrogen) atoms. The van der Waals surface area contributed by atoms with Gasteiger partial charge in [0, 0.05) is 18.7 Å². The van der Waals surface area contributed by atoms with E-state index in [0.29, 0.717) is 23.0 Å². The van der Waals surface area contributed by atoms with E-state index in [1.165, 1.54) is 12.1 Å². The summed E-state index contributed by atoms with van der Waals surface area (Å²) in [6.07, 6.45) is 1.48. The monoisotopic (exact) mass is 335 g/mol. The zero-order valence-corrected chi connectivity index (χ0v) is 13.5. The second-order valence-electron chi connectivity index (χ2n) is 5.56. The van der Waals surface area contributed by atoms with Crippen LogP contribution >= 0.6 is 0 Å². The highest BCUT2D eigenvalue weighted by Gasteiger charge is 2.10. The number of benzene rings is 2. The summed E-state index contributed by atoms with van der Waals surface area (Å²) in [5.41, 5.74) is 0.758. The van der Waals surface area contributed by atoms with Crippen molar-refractivity contribution in [2.75, 3.05) is 0 Å². The van der Waals surface area contributed by atoms with E-state index in [1.54, 1.807) is 12.1 Å². The molecule has 3 rings (SSSR count). The molecule has 0 aliphatic rings. The van der Waals surface area contributed by atoms with Crippen molar-refractivity contribution in [3.05, 3.63) is 93.2 Å². The van der Waals surface area contributed by atoms with Crippen LogP contribution in [0.2, 0.25) is 0 Å². The number of rotatable bonds is 5. The van der Waals surface area contributed by atoms with Crippen LogP contribution < -0.4 is 16.6 Å². The average molecular weight is 335 g/mol. The van der Waals surface area contributed by atoms with Crippen molar-refractivity contribution in [2.24, 2.45) is 0 Å². The molecule has 0 atom stereocenters. The Bertz CT molecular complexity index is 1050. The quantitative estimate of drug-likeness (QED) is 0.698. The molecular weight excluding hydrogens is 318 g/mol. The molecule has 1 amide bonds. The fourth-order valence-corrected chi connectivity index (χ4v) is 2.57. The first-order valence-corrected chi connectivity index (χ1v) is 7.80. The highest BCUT2D eigenvalue weighted by molar-refractivity contribution is 5.97. The number of nitrogens with one attached hydrogen (secondary N) is 2. The van der Waals surface area contributed by atoms with Gasteiger partial charge in [0.2, 0.25) is 0 Å². The molecule has 0 saturated carbocycles. The summed E-state index contributed by atoms with van der Waals surface area (Å²) >= 11 is 0. The van der Waals surface area contributed by atoms with E-state index in [0.717, 1.165) is 10.1 Å². The van der Waals surface area contributed by atoms with Gasteiger partial charge in [-0.3, -0.25) is 14.2 Å². The van der Waals surface area contributed by atoms with Gasteiger partial charge in [-0.15, -0.1) is 6.58 Å². The molecule has 6 heteroatoms. The number of allylic oxidation sites excluding steroid dienone is 1. The minimum absolute atomic E-state index is 0.128. The zero-order valence-electron chi connectivity index (χ0n) is 13.5. The van der Waals surface area contributed by atoms with Gasteiger partial charge >= 0.3 is 5.69 Å². The normalized spacial score (nSPS) is 10.6. The summed E-state index contributed by atoms with van der Waals surface area (Å²) in [6.45, 7) is 4.06. The summed E-state index contributed by atoms with van der Waals surface area (Å²) in [5.74, 6) is -0.276. The Balaban J connectivity index is 1.89. The molecule has 6 nitrogen and oxygen atoms in total. The molecule has 0 unspecified atom stereocenters. The topological polar surface area (TPSA) is 84.0 Å². The Kier molecular flexibility index (Phi) is 4.61. The molecule has 0 fully saturated rings. The van der Waals surface area contributed by atoms with E-state index >= 15 is 0 Å². The lowest BCUT2D eigenvalue weighted by atomic mass is 10.1. The molecule has 0 aliphatic carbocycles. The minimum atomic E-state index is -0.528. The maximum atomic E-state index is 12.3. The maximum absolute atomic E-state index is 12.3. The first kappa shape index (κ1) is 16.4. The Morgan fingerprint density at radius 2 is 1.92 bits per heavy atom. The summed E-state index contributed by atoms with van der Waals surface area (Å²) in [6, 6.07) is 14.2. The summed E-state index contributed by atoms with van der Waals surface area (Å²) in [4.78, 5) is 39.3. The number of hydrogen-bond donors (Lipinski definition) is 2. The number of H-pyrrole nitrogens is 1. The largest absolute Gasteiger partial charge is 0.348 e. The van der Waals surface area contributed by atoms with Crippen molar-refractivity contribution in [1.82, 2.24) is 14.9 Å². The van der Waals surface area contributed by atoms with Gasteiger partial charge in [-0.2, -0.15) is 0 Å². The van der Waals surface area contributed by atoms with Crippen LogP contribution in [-0.4, -0.2) is 15.5 Å². The molecule has 1 heterocycles. The fraction of sp³-hybridized carbons (Fsp3) is 0.105. The van der Waals surface area contributed by atoms with Crippen molar-refractivity contribution in [3.8, 4) is 0 Å². The standard InChI is InChI=1S/C19H17N3O3/c1-2-10-22-18(24)15-9-8-14(11-16(15)21-19(22)25)17(23)20-12-13-6-4-3-5-7-13/h2-9,11H,1,10,12H2,(H,20,23)(H,21,25). The summed E-state index contributed by atoms with van der Waals surface area (Å²) < 4.78 is 1.06. The Hall–Kier alpha value is -3.41. The molecule has 2 aromatic carbocycles. The van der Waals surface area contributed by atoms with Crippen LogP contribution in [0, 0.1) is 0 Å². The van der Waals surface area contributed by atoms with Crippen molar-refractivity contribution >= 4 is 16.8 Å². The van der Waals surface area contributed by atoms with E-state index in [2.05, 4.69) is 16.9 Å². The zero-order chi connectivity index (χ0) is 17.8. The highest BCUT2D eigenvalue weighted by atomic mass is 16.2. The lowest BCUT2D eigenvalue weighted by molar-refractivity contribution is 0.0951. The van der Waals surface area contributed by atoms with Gasteiger partial charge in [-0.05, 0) is 23.8 Å². The van der Waals surface area contributed by atoms with Crippen molar-refractivity contribution in [1.29, 1.82) is 0 Å². The number of aromatic amines is 1. The van der Waals surface area contributed by atoms with Gasteiger partial charge in [0.25, 0.3) is 11.5 Å². The van der Waals surface area contributed by atoms with Gasteiger partial charge in [0.1, 0.15) is 0 Å². The van der Waals surface area contributed by atoms with Crippen LogP contribution in [0.15, 0.2) is 70.8 Å². The fourth-order valence-electron chi connectivity index (χ4n) is 2.57. The van der Waals surface area contributed by atoms with Crippen LogP contribution in [-0.2, 0) is 13.1 Å². The second-order valence-corrected chi connectivity index (χ2v) is 5.56. The van der Waals surface area contributed by atoms with Crippen LogP contribution in [0.1, 0.15) is 15.9 Å². The third-order valence-electron chi connectivity index (χ3n) is 3.85. The van der Waals surface area contributed by atoms with Crippen molar-refractivity contribution in [2.45, 2.75) is 13.1 Å². The molecular formula is C19H17N3O3. The number of carbonyl (C=O) groups is 1. The van der Waals surface area contributed by atoms with E-state index < -0.39 is 11.2 Å². The lowest BCUT2D eigenvalue weighted by Gasteiger charge is -2.07. The van der Waals surface area contributed by atoms with Gasteiger partial charge in [-0.25, -0.2) is 4.79 Å². The first-order chi connectivity index (χ1) is 12.1. The Labute approximate surface area is 143 Å². The minimum Gasteiger partial charge on any atom is -0.348 e. The second kappa shape index (κ2) is 7.00. The van der Waals surface area contributed by atoms with Gasteiger partial charge in [0.05, 0.1) is 10.9 Å². The van der Waals surface area contributed by atoms with Crippen LogP contribution in [0.25, 0.3) is 10.9 Å². The molecule has 1 aromatic heterocycles. The first-order valence-electron chi connectivity index (χ1n) is 7.80. The number of carbonyl (C=O) groups excluding carboxylic acids is 1. The van der Waals surface area contributed by atoms with Crippen molar-refractivity contribution in [3.63, 3.8) is 0 Å². The van der Waals surface area contributed by atoms with Crippen LogP contribution in [0.3, 0.4) is 0 Å². The highest BCUT2D eigenvalue weighted by Crippen LogP contribution is 2.09. The molecule has 0 saturated heterocycles. The maximum Gasteiger partial charge on any atom is 0.329 e. The smallest absolute Gasteiger partial charge is 0.329 e. The predicted molar refractivity (Wildman–Crippen MR) is 96.6 cm³/mol. The van der Waals surface area contributed by atoms with E-state index in [9.17, 15) is 14.4 Å². The molecule has 0 radical (unpaired) electrons. The number of hydrogen-bond acceptors (Lipinski definition) is 3. The molecule has 3 aromatic rings. The number of aromatic nitrogens is 2. The van der Waals surface area contributed by atoms with Gasteiger partial charge in [0.15, 0.2) is 0 Å². The van der Waals surface area contributed by atoms with E-state index in [1.807, 2.05) is 30.3 Å². The van der Waals surface area contributed by atoms with Crippen LogP contribution in [0.4, 0.5) is 0 Å².